The molecule has 2 heterocycles. The minimum absolute atomic E-state index is 0.273. The smallest absolute Gasteiger partial charge is 0.231 e. The highest BCUT2D eigenvalue weighted by Gasteiger charge is 2.16. The fourth-order valence-corrected chi connectivity index (χ4v) is 1.94. The number of benzene rings is 1. The summed E-state index contributed by atoms with van der Waals surface area (Å²) in [5.41, 5.74) is 8.39. The average Bonchev–Trinajstić information content (AvgIpc) is 2.93. The molecule has 5 nitrogen and oxygen atoms in total. The lowest BCUT2D eigenvalue weighted by Gasteiger charge is -2.04. The molecule has 2 N–H and O–H groups in total. The summed E-state index contributed by atoms with van der Waals surface area (Å²) in [6.45, 7) is 4.40. The van der Waals surface area contributed by atoms with E-state index in [0.717, 1.165) is 22.8 Å². The lowest BCUT2D eigenvalue weighted by Crippen LogP contribution is -2.00. The zero-order valence-corrected chi connectivity index (χ0v) is 10.4. The third-order valence-electron chi connectivity index (χ3n) is 2.94. The van der Waals surface area contributed by atoms with Crippen LogP contribution >= 0.6 is 0 Å². The van der Waals surface area contributed by atoms with Crippen molar-refractivity contribution in [3.8, 4) is 22.8 Å². The van der Waals surface area contributed by atoms with E-state index in [2.05, 4.69) is 18.9 Å². The van der Waals surface area contributed by atoms with Gasteiger partial charge in [-0.05, 0) is 32.0 Å². The van der Waals surface area contributed by atoms with Crippen molar-refractivity contribution in [1.82, 2.24) is 9.78 Å². The summed E-state index contributed by atoms with van der Waals surface area (Å²) in [5, 5.41) is 4.50. The molecule has 94 valence electrons. The fourth-order valence-electron chi connectivity index (χ4n) is 1.94. The van der Waals surface area contributed by atoms with E-state index in [0.29, 0.717) is 5.69 Å². The van der Waals surface area contributed by atoms with Gasteiger partial charge in [-0.2, -0.15) is 5.10 Å². The molecule has 1 aromatic carbocycles. The van der Waals surface area contributed by atoms with E-state index in [-0.39, 0.29) is 12.8 Å². The maximum Gasteiger partial charge on any atom is 0.231 e. The molecule has 1 aliphatic heterocycles. The first-order valence-electron chi connectivity index (χ1n) is 5.90. The zero-order chi connectivity index (χ0) is 12.7. The monoisotopic (exact) mass is 245 g/mol. The first kappa shape index (κ1) is 11.0. The van der Waals surface area contributed by atoms with Crippen LogP contribution in [0.1, 0.15) is 19.9 Å². The molecule has 2 aromatic rings. The van der Waals surface area contributed by atoms with E-state index >= 15 is 0 Å². The third-order valence-corrected chi connectivity index (χ3v) is 2.94. The van der Waals surface area contributed by atoms with Gasteiger partial charge in [0.2, 0.25) is 6.79 Å². The summed E-state index contributed by atoms with van der Waals surface area (Å²) in [7, 11) is 0. The van der Waals surface area contributed by atoms with E-state index in [1.165, 1.54) is 0 Å². The van der Waals surface area contributed by atoms with E-state index in [4.69, 9.17) is 15.2 Å². The summed E-state index contributed by atoms with van der Waals surface area (Å²) in [5.74, 6) is 1.51. The highest BCUT2D eigenvalue weighted by Crippen LogP contribution is 2.36. The Morgan fingerprint density at radius 2 is 2.06 bits per heavy atom. The summed E-state index contributed by atoms with van der Waals surface area (Å²) in [6.07, 6.45) is 1.85. The number of anilines is 1. The van der Waals surface area contributed by atoms with Gasteiger partial charge in [-0.1, -0.05) is 0 Å². The van der Waals surface area contributed by atoms with Crippen LogP contribution in [-0.4, -0.2) is 16.6 Å². The Labute approximate surface area is 105 Å². The number of fused-ring (bicyclic) bond motifs is 1. The lowest BCUT2D eigenvalue weighted by molar-refractivity contribution is 0.174. The van der Waals surface area contributed by atoms with Crippen LogP contribution < -0.4 is 15.2 Å². The van der Waals surface area contributed by atoms with Gasteiger partial charge in [-0.3, -0.25) is 4.68 Å². The van der Waals surface area contributed by atoms with Crippen molar-refractivity contribution in [3.05, 3.63) is 24.4 Å². The van der Waals surface area contributed by atoms with Crippen LogP contribution in [0.4, 0.5) is 5.69 Å². The van der Waals surface area contributed by atoms with Gasteiger partial charge in [0.25, 0.3) is 0 Å². The van der Waals surface area contributed by atoms with Crippen molar-refractivity contribution in [3.63, 3.8) is 0 Å². The van der Waals surface area contributed by atoms with Crippen molar-refractivity contribution in [2.45, 2.75) is 19.9 Å². The minimum atomic E-state index is 0.273. The maximum absolute atomic E-state index is 6.00. The SMILES string of the molecule is CC(C)n1cc(N)c(-c2ccc3c(c2)OCO3)n1. The van der Waals surface area contributed by atoms with Crippen LogP contribution in [-0.2, 0) is 0 Å². The Morgan fingerprint density at radius 1 is 1.28 bits per heavy atom. The molecule has 0 bridgehead atoms. The van der Waals surface area contributed by atoms with Crippen LogP contribution in [0.15, 0.2) is 24.4 Å². The molecule has 0 saturated carbocycles. The standard InChI is InChI=1S/C13H15N3O2/c1-8(2)16-6-10(14)13(15-16)9-3-4-11-12(5-9)18-7-17-11/h3-6,8H,7,14H2,1-2H3. The Bertz CT molecular complexity index is 590. The van der Waals surface area contributed by atoms with Crippen molar-refractivity contribution in [2.75, 3.05) is 12.5 Å². The van der Waals surface area contributed by atoms with Crippen LogP contribution in [0, 0.1) is 0 Å². The number of nitrogens with two attached hydrogens (primary N) is 1. The maximum atomic E-state index is 6.00. The molecular weight excluding hydrogens is 230 g/mol. The molecule has 0 saturated heterocycles. The number of hydrogen-bond donors (Lipinski definition) is 1. The van der Waals surface area contributed by atoms with Gasteiger partial charge in [0, 0.05) is 17.8 Å². The van der Waals surface area contributed by atoms with Gasteiger partial charge >= 0.3 is 0 Å². The molecule has 18 heavy (non-hydrogen) atoms. The zero-order valence-electron chi connectivity index (χ0n) is 10.4. The van der Waals surface area contributed by atoms with E-state index in [1.54, 1.807) is 0 Å². The third kappa shape index (κ3) is 1.68. The first-order chi connectivity index (χ1) is 8.65. The molecule has 0 fully saturated rings. The molecule has 0 spiro atoms. The molecule has 5 heteroatoms. The average molecular weight is 245 g/mol. The van der Waals surface area contributed by atoms with E-state index in [9.17, 15) is 0 Å². The Kier molecular flexibility index (Phi) is 2.40. The summed E-state index contributed by atoms with van der Waals surface area (Å²) < 4.78 is 12.5. The fraction of sp³-hybridized carbons (Fsp3) is 0.308. The normalized spacial score (nSPS) is 13.3. The quantitative estimate of drug-likeness (QED) is 0.882. The van der Waals surface area contributed by atoms with Crippen molar-refractivity contribution in [2.24, 2.45) is 0 Å². The molecule has 1 aliphatic rings. The Morgan fingerprint density at radius 3 is 2.78 bits per heavy atom. The molecule has 1 aromatic heterocycles. The molecule has 3 rings (SSSR count). The second-order valence-corrected chi connectivity index (χ2v) is 4.57. The number of hydrogen-bond acceptors (Lipinski definition) is 4. The molecule has 0 amide bonds. The number of nitrogens with zero attached hydrogens (tertiary/aromatic N) is 2. The highest BCUT2D eigenvalue weighted by atomic mass is 16.7. The molecule has 0 aliphatic carbocycles. The largest absolute Gasteiger partial charge is 0.454 e. The number of ether oxygens (including phenoxy) is 2. The summed E-state index contributed by atoms with van der Waals surface area (Å²) >= 11 is 0. The Balaban J connectivity index is 2.04. The number of nitrogen functional groups attached to an aromatic ring is 1. The van der Waals surface area contributed by atoms with Crippen LogP contribution in [0.3, 0.4) is 0 Å². The predicted molar refractivity (Wildman–Crippen MR) is 68.6 cm³/mol. The minimum Gasteiger partial charge on any atom is -0.454 e. The number of rotatable bonds is 2. The molecule has 0 radical (unpaired) electrons. The molecular formula is C13H15N3O2. The number of aromatic nitrogens is 2. The second kappa shape index (κ2) is 3.94. The topological polar surface area (TPSA) is 62.3 Å². The second-order valence-electron chi connectivity index (χ2n) is 4.57. The van der Waals surface area contributed by atoms with Gasteiger partial charge < -0.3 is 15.2 Å². The van der Waals surface area contributed by atoms with Gasteiger partial charge in [0.05, 0.1) is 5.69 Å². The predicted octanol–water partition coefficient (Wildman–Crippen LogP) is 2.44. The van der Waals surface area contributed by atoms with Crippen LogP contribution in [0.25, 0.3) is 11.3 Å². The van der Waals surface area contributed by atoms with E-state index < -0.39 is 0 Å². The highest BCUT2D eigenvalue weighted by molar-refractivity contribution is 5.74. The molecule has 0 atom stereocenters. The lowest BCUT2D eigenvalue weighted by atomic mass is 10.1. The summed E-state index contributed by atoms with van der Waals surface area (Å²) in [6, 6.07) is 6.02. The van der Waals surface area contributed by atoms with Crippen LogP contribution in [0.5, 0.6) is 11.5 Å². The molecule has 0 unspecified atom stereocenters. The van der Waals surface area contributed by atoms with Gasteiger partial charge in [-0.15, -0.1) is 0 Å². The van der Waals surface area contributed by atoms with E-state index in [1.807, 2.05) is 29.1 Å². The van der Waals surface area contributed by atoms with Gasteiger partial charge in [0.1, 0.15) is 5.69 Å². The van der Waals surface area contributed by atoms with Gasteiger partial charge in [-0.25, -0.2) is 0 Å². The van der Waals surface area contributed by atoms with Crippen molar-refractivity contribution < 1.29 is 9.47 Å². The first-order valence-corrected chi connectivity index (χ1v) is 5.90. The van der Waals surface area contributed by atoms with Crippen LogP contribution in [0.2, 0.25) is 0 Å². The van der Waals surface area contributed by atoms with Gasteiger partial charge in [0.15, 0.2) is 11.5 Å². The Hall–Kier alpha value is -2.17. The van der Waals surface area contributed by atoms with Crippen molar-refractivity contribution in [1.29, 1.82) is 0 Å². The van der Waals surface area contributed by atoms with Crippen molar-refractivity contribution >= 4 is 5.69 Å². The summed E-state index contributed by atoms with van der Waals surface area (Å²) in [4.78, 5) is 0.